The van der Waals surface area contributed by atoms with E-state index in [0.29, 0.717) is 0 Å². The zero-order valence-corrected chi connectivity index (χ0v) is 13.6. The molecule has 0 amide bonds. The zero-order chi connectivity index (χ0) is 14.8. The van der Waals surface area contributed by atoms with Crippen LogP contribution in [-0.4, -0.2) is 30.1 Å². The van der Waals surface area contributed by atoms with Crippen molar-refractivity contribution in [2.24, 2.45) is 17.8 Å². The van der Waals surface area contributed by atoms with Gasteiger partial charge >= 0.3 is 0 Å². The Morgan fingerprint density at radius 2 is 2.14 bits per heavy atom. The van der Waals surface area contributed by atoms with Crippen LogP contribution in [-0.2, 0) is 0 Å². The molecule has 0 aliphatic heterocycles. The first-order valence-corrected chi connectivity index (χ1v) is 8.46. The van der Waals surface area contributed by atoms with Gasteiger partial charge in [-0.3, -0.25) is 0 Å². The van der Waals surface area contributed by atoms with Gasteiger partial charge in [-0.15, -0.1) is 0 Å². The number of rotatable bonds is 6. The normalized spacial score (nSPS) is 27.1. The molecule has 3 unspecified atom stereocenters. The van der Waals surface area contributed by atoms with E-state index in [4.69, 9.17) is 0 Å². The van der Waals surface area contributed by atoms with Crippen molar-refractivity contribution in [3.8, 4) is 0 Å². The van der Waals surface area contributed by atoms with Crippen molar-refractivity contribution in [3.05, 3.63) is 11.8 Å². The Labute approximate surface area is 128 Å². The molecule has 2 aliphatic rings. The molecule has 4 heteroatoms. The van der Waals surface area contributed by atoms with Crippen molar-refractivity contribution in [2.45, 2.75) is 46.0 Å². The van der Waals surface area contributed by atoms with E-state index < -0.39 is 0 Å². The number of fused-ring (bicyclic) bond motifs is 2. The van der Waals surface area contributed by atoms with Crippen LogP contribution in [0.3, 0.4) is 0 Å². The monoisotopic (exact) mass is 288 g/mol. The highest BCUT2D eigenvalue weighted by Crippen LogP contribution is 2.48. The largest absolute Gasteiger partial charge is 0.359 e. The van der Waals surface area contributed by atoms with Gasteiger partial charge in [0, 0.05) is 31.9 Å². The summed E-state index contributed by atoms with van der Waals surface area (Å²) in [6.07, 6.45) is 6.93. The minimum Gasteiger partial charge on any atom is -0.359 e. The number of hydrogen-bond acceptors (Lipinski definition) is 4. The molecule has 1 N–H and O–H groups in total. The van der Waals surface area contributed by atoms with Crippen LogP contribution in [0.5, 0.6) is 0 Å². The topological polar surface area (TPSA) is 41.1 Å². The summed E-state index contributed by atoms with van der Waals surface area (Å²) >= 11 is 0. The van der Waals surface area contributed by atoms with Crippen molar-refractivity contribution in [1.82, 2.24) is 9.97 Å². The van der Waals surface area contributed by atoms with Gasteiger partial charge < -0.3 is 10.2 Å². The second kappa shape index (κ2) is 6.20. The van der Waals surface area contributed by atoms with Crippen LogP contribution in [0.4, 0.5) is 11.8 Å². The summed E-state index contributed by atoms with van der Waals surface area (Å²) in [5.41, 5.74) is 1.04. The highest BCUT2D eigenvalue weighted by molar-refractivity contribution is 5.44. The van der Waals surface area contributed by atoms with Crippen molar-refractivity contribution in [3.63, 3.8) is 0 Å². The Hall–Kier alpha value is -1.32. The van der Waals surface area contributed by atoms with E-state index in [1.807, 2.05) is 6.92 Å². The standard InChI is InChI=1S/C17H28N4/c1-4-7-18-17-19-12(2)8-16(20-17)21(3)11-15-10-13-5-6-14(15)9-13/h8,13-15H,4-7,9-11H2,1-3H3,(H,18,19,20). The fourth-order valence-electron chi connectivity index (χ4n) is 4.11. The molecule has 0 aromatic carbocycles. The summed E-state index contributed by atoms with van der Waals surface area (Å²) in [5, 5.41) is 3.30. The summed E-state index contributed by atoms with van der Waals surface area (Å²) in [6.45, 7) is 6.28. The molecular formula is C17H28N4. The minimum absolute atomic E-state index is 0.770. The van der Waals surface area contributed by atoms with E-state index in [2.05, 4.69) is 40.2 Å². The first-order valence-electron chi connectivity index (χ1n) is 8.46. The van der Waals surface area contributed by atoms with Crippen LogP contribution < -0.4 is 10.2 Å². The lowest BCUT2D eigenvalue weighted by Crippen LogP contribution is -2.29. The predicted molar refractivity (Wildman–Crippen MR) is 87.8 cm³/mol. The maximum Gasteiger partial charge on any atom is 0.224 e. The first kappa shape index (κ1) is 14.6. The van der Waals surface area contributed by atoms with Crippen LogP contribution in [0.2, 0.25) is 0 Å². The van der Waals surface area contributed by atoms with Gasteiger partial charge in [0.25, 0.3) is 0 Å². The van der Waals surface area contributed by atoms with E-state index >= 15 is 0 Å². The molecule has 1 aromatic heterocycles. The van der Waals surface area contributed by atoms with Gasteiger partial charge in [-0.1, -0.05) is 13.3 Å². The number of aromatic nitrogens is 2. The lowest BCUT2D eigenvalue weighted by Gasteiger charge is -2.28. The molecule has 2 fully saturated rings. The molecule has 116 valence electrons. The second-order valence-electron chi connectivity index (χ2n) is 6.93. The summed E-state index contributed by atoms with van der Waals surface area (Å²) < 4.78 is 0. The van der Waals surface area contributed by atoms with Gasteiger partial charge in [-0.05, 0) is 50.4 Å². The van der Waals surface area contributed by atoms with Crippen LogP contribution in [0.1, 0.15) is 44.7 Å². The highest BCUT2D eigenvalue weighted by atomic mass is 15.2. The minimum atomic E-state index is 0.770. The molecule has 0 spiro atoms. The summed E-state index contributed by atoms with van der Waals surface area (Å²) in [4.78, 5) is 11.5. The molecule has 1 aromatic rings. The van der Waals surface area contributed by atoms with Crippen molar-refractivity contribution < 1.29 is 0 Å². The van der Waals surface area contributed by atoms with Crippen molar-refractivity contribution in [2.75, 3.05) is 30.4 Å². The van der Waals surface area contributed by atoms with Gasteiger partial charge in [0.1, 0.15) is 5.82 Å². The fraction of sp³-hybridized carbons (Fsp3) is 0.765. The molecule has 3 atom stereocenters. The Bertz CT molecular complexity index is 488. The number of hydrogen-bond donors (Lipinski definition) is 1. The van der Waals surface area contributed by atoms with Crippen LogP contribution >= 0.6 is 0 Å². The van der Waals surface area contributed by atoms with Crippen LogP contribution in [0, 0.1) is 24.7 Å². The number of nitrogens with one attached hydrogen (secondary N) is 1. The van der Waals surface area contributed by atoms with Gasteiger partial charge in [-0.2, -0.15) is 4.98 Å². The Balaban J connectivity index is 1.66. The van der Waals surface area contributed by atoms with Gasteiger partial charge in [0.05, 0.1) is 0 Å². The molecule has 21 heavy (non-hydrogen) atoms. The van der Waals surface area contributed by atoms with Gasteiger partial charge in [0.2, 0.25) is 5.95 Å². The maximum atomic E-state index is 4.68. The van der Waals surface area contributed by atoms with Crippen LogP contribution in [0.25, 0.3) is 0 Å². The molecule has 2 bridgehead atoms. The third-order valence-electron chi connectivity index (χ3n) is 5.16. The van der Waals surface area contributed by atoms with Crippen molar-refractivity contribution >= 4 is 11.8 Å². The van der Waals surface area contributed by atoms with E-state index in [-0.39, 0.29) is 0 Å². The molecular weight excluding hydrogens is 260 g/mol. The second-order valence-corrected chi connectivity index (χ2v) is 6.93. The number of aryl methyl sites for hydroxylation is 1. The number of anilines is 2. The Morgan fingerprint density at radius 1 is 1.29 bits per heavy atom. The molecule has 3 rings (SSSR count). The summed E-state index contributed by atoms with van der Waals surface area (Å²) in [5.74, 6) is 4.69. The number of nitrogens with zero attached hydrogens (tertiary/aromatic N) is 3. The first-order chi connectivity index (χ1) is 10.2. The average Bonchev–Trinajstić information content (AvgIpc) is 3.07. The SMILES string of the molecule is CCCNc1nc(C)cc(N(C)CC2CC3CCC2C3)n1. The average molecular weight is 288 g/mol. The third-order valence-corrected chi connectivity index (χ3v) is 5.16. The van der Waals surface area contributed by atoms with Crippen LogP contribution in [0.15, 0.2) is 6.07 Å². The lowest BCUT2D eigenvalue weighted by atomic mass is 9.88. The van der Waals surface area contributed by atoms with E-state index in [9.17, 15) is 0 Å². The molecule has 2 saturated carbocycles. The Kier molecular flexibility index (Phi) is 4.32. The van der Waals surface area contributed by atoms with E-state index in [0.717, 1.165) is 54.7 Å². The quantitative estimate of drug-likeness (QED) is 0.870. The third kappa shape index (κ3) is 3.30. The van der Waals surface area contributed by atoms with E-state index in [1.54, 1.807) is 0 Å². The maximum absolute atomic E-state index is 4.68. The van der Waals surface area contributed by atoms with Gasteiger partial charge in [0.15, 0.2) is 0 Å². The summed E-state index contributed by atoms with van der Waals surface area (Å²) in [7, 11) is 2.18. The molecule has 0 saturated heterocycles. The highest BCUT2D eigenvalue weighted by Gasteiger charge is 2.39. The smallest absolute Gasteiger partial charge is 0.224 e. The van der Waals surface area contributed by atoms with Crippen molar-refractivity contribution in [1.29, 1.82) is 0 Å². The molecule has 0 radical (unpaired) electrons. The summed E-state index contributed by atoms with van der Waals surface area (Å²) in [6, 6.07) is 2.10. The molecule has 1 heterocycles. The lowest BCUT2D eigenvalue weighted by molar-refractivity contribution is 0.337. The molecule has 2 aliphatic carbocycles. The Morgan fingerprint density at radius 3 is 2.81 bits per heavy atom. The fourth-order valence-corrected chi connectivity index (χ4v) is 4.11. The van der Waals surface area contributed by atoms with Gasteiger partial charge in [-0.25, -0.2) is 4.98 Å². The van der Waals surface area contributed by atoms with E-state index in [1.165, 1.54) is 25.7 Å². The zero-order valence-electron chi connectivity index (χ0n) is 13.6. The predicted octanol–water partition coefficient (Wildman–Crippen LogP) is 3.48. The molecule has 4 nitrogen and oxygen atoms in total.